The number of carboxylic acids is 1. The smallest absolute Gasteiger partial charge is 0.326 e. The molecule has 1 unspecified atom stereocenters. The third-order valence-electron chi connectivity index (χ3n) is 2.36. The summed E-state index contributed by atoms with van der Waals surface area (Å²) in [5.74, 6) is -1.10. The Balaban J connectivity index is 1.97. The Morgan fingerprint density at radius 3 is 2.95 bits per heavy atom. The van der Waals surface area contributed by atoms with Gasteiger partial charge in [0.2, 0.25) is 0 Å². The van der Waals surface area contributed by atoms with E-state index in [9.17, 15) is 4.79 Å². The van der Waals surface area contributed by atoms with E-state index in [2.05, 4.69) is 20.3 Å². The fraction of sp³-hybridized carbons (Fsp3) is 0.273. The van der Waals surface area contributed by atoms with Gasteiger partial charge in [-0.15, -0.1) is 11.3 Å². The van der Waals surface area contributed by atoms with Crippen LogP contribution in [0.3, 0.4) is 0 Å². The SMILES string of the molecule is Cc1cnc(CNc2nc(C(N)C(=O)O)cs2)cn1. The van der Waals surface area contributed by atoms with E-state index in [0.29, 0.717) is 17.4 Å². The van der Waals surface area contributed by atoms with E-state index < -0.39 is 12.0 Å². The van der Waals surface area contributed by atoms with Crippen LogP contribution in [-0.2, 0) is 11.3 Å². The van der Waals surface area contributed by atoms with Crippen LogP contribution < -0.4 is 11.1 Å². The van der Waals surface area contributed by atoms with Crippen LogP contribution in [0.1, 0.15) is 23.1 Å². The maximum absolute atomic E-state index is 10.7. The number of nitrogens with two attached hydrogens (primary N) is 1. The molecule has 2 aromatic rings. The summed E-state index contributed by atoms with van der Waals surface area (Å²) in [6, 6.07) is -1.09. The number of hydrogen-bond donors (Lipinski definition) is 3. The first-order chi connectivity index (χ1) is 9.06. The van der Waals surface area contributed by atoms with Crippen molar-refractivity contribution in [2.24, 2.45) is 5.73 Å². The minimum atomic E-state index is -1.10. The normalized spacial score (nSPS) is 12.1. The molecule has 19 heavy (non-hydrogen) atoms. The lowest BCUT2D eigenvalue weighted by atomic mass is 10.2. The van der Waals surface area contributed by atoms with E-state index in [0.717, 1.165) is 11.4 Å². The van der Waals surface area contributed by atoms with Gasteiger partial charge < -0.3 is 16.2 Å². The molecule has 0 saturated heterocycles. The molecule has 0 fully saturated rings. The number of thiazole rings is 1. The van der Waals surface area contributed by atoms with E-state index >= 15 is 0 Å². The highest BCUT2D eigenvalue weighted by molar-refractivity contribution is 7.13. The Morgan fingerprint density at radius 1 is 1.53 bits per heavy atom. The van der Waals surface area contributed by atoms with E-state index in [-0.39, 0.29) is 0 Å². The van der Waals surface area contributed by atoms with Crippen LogP contribution in [0.2, 0.25) is 0 Å². The summed E-state index contributed by atoms with van der Waals surface area (Å²) >= 11 is 1.30. The molecule has 2 aromatic heterocycles. The minimum absolute atomic E-state index is 0.343. The number of rotatable bonds is 5. The first-order valence-corrected chi connectivity index (χ1v) is 6.39. The summed E-state index contributed by atoms with van der Waals surface area (Å²) < 4.78 is 0. The molecule has 1 atom stereocenters. The van der Waals surface area contributed by atoms with Gasteiger partial charge in [0.05, 0.1) is 29.8 Å². The zero-order valence-electron chi connectivity index (χ0n) is 10.2. The third kappa shape index (κ3) is 3.46. The number of hydrogen-bond acceptors (Lipinski definition) is 7. The van der Waals surface area contributed by atoms with Gasteiger partial charge in [0.1, 0.15) is 6.04 Å². The van der Waals surface area contributed by atoms with E-state index in [4.69, 9.17) is 10.8 Å². The van der Waals surface area contributed by atoms with Gasteiger partial charge in [-0.3, -0.25) is 14.8 Å². The number of anilines is 1. The molecular weight excluding hydrogens is 266 g/mol. The van der Waals surface area contributed by atoms with Gasteiger partial charge in [0, 0.05) is 11.6 Å². The maximum Gasteiger partial charge on any atom is 0.326 e. The van der Waals surface area contributed by atoms with Crippen molar-refractivity contribution in [3.05, 3.63) is 34.9 Å². The lowest BCUT2D eigenvalue weighted by Gasteiger charge is -2.03. The number of nitrogens with one attached hydrogen (secondary N) is 1. The number of nitrogens with zero attached hydrogens (tertiary/aromatic N) is 3. The zero-order valence-corrected chi connectivity index (χ0v) is 11.0. The average Bonchev–Trinajstić information content (AvgIpc) is 2.86. The van der Waals surface area contributed by atoms with Crippen molar-refractivity contribution < 1.29 is 9.90 Å². The number of carbonyl (C=O) groups is 1. The molecule has 2 heterocycles. The second-order valence-electron chi connectivity index (χ2n) is 3.90. The molecular formula is C11H13N5O2S. The molecule has 0 aliphatic rings. The van der Waals surface area contributed by atoms with Crippen LogP contribution in [-0.4, -0.2) is 26.0 Å². The number of aromatic nitrogens is 3. The van der Waals surface area contributed by atoms with Gasteiger partial charge in [-0.2, -0.15) is 0 Å². The predicted octanol–water partition coefficient (Wildman–Crippen LogP) is 0.938. The molecule has 0 spiro atoms. The monoisotopic (exact) mass is 279 g/mol. The van der Waals surface area contributed by atoms with Crippen molar-refractivity contribution in [1.82, 2.24) is 15.0 Å². The Kier molecular flexibility index (Phi) is 4.03. The third-order valence-corrected chi connectivity index (χ3v) is 3.18. The average molecular weight is 279 g/mol. The van der Waals surface area contributed by atoms with Gasteiger partial charge >= 0.3 is 5.97 Å². The first kappa shape index (κ1) is 13.4. The van der Waals surface area contributed by atoms with Crippen LogP contribution in [0.4, 0.5) is 5.13 Å². The van der Waals surface area contributed by atoms with E-state index in [1.165, 1.54) is 11.3 Å². The Labute approximate surface area is 113 Å². The summed E-state index contributed by atoms with van der Waals surface area (Å²) in [5.41, 5.74) is 7.45. The summed E-state index contributed by atoms with van der Waals surface area (Å²) in [5, 5.41) is 14.1. The molecule has 0 radical (unpaired) electrons. The minimum Gasteiger partial charge on any atom is -0.480 e. The van der Waals surface area contributed by atoms with Gasteiger partial charge in [-0.25, -0.2) is 4.98 Å². The summed E-state index contributed by atoms with van der Waals surface area (Å²) in [4.78, 5) is 23.2. The number of carboxylic acid groups (broad SMARTS) is 1. The molecule has 0 aliphatic carbocycles. The highest BCUT2D eigenvalue weighted by Crippen LogP contribution is 2.20. The number of aliphatic carboxylic acids is 1. The van der Waals surface area contributed by atoms with Crippen molar-refractivity contribution in [2.45, 2.75) is 19.5 Å². The van der Waals surface area contributed by atoms with Gasteiger partial charge in [0.15, 0.2) is 5.13 Å². The van der Waals surface area contributed by atoms with Gasteiger partial charge in [-0.1, -0.05) is 0 Å². The lowest BCUT2D eigenvalue weighted by Crippen LogP contribution is -2.20. The summed E-state index contributed by atoms with van der Waals surface area (Å²) in [6.07, 6.45) is 3.37. The van der Waals surface area contributed by atoms with Crippen molar-refractivity contribution >= 4 is 22.4 Å². The lowest BCUT2D eigenvalue weighted by molar-refractivity contribution is -0.138. The summed E-state index contributed by atoms with van der Waals surface area (Å²) in [7, 11) is 0. The Morgan fingerprint density at radius 2 is 2.32 bits per heavy atom. The van der Waals surface area contributed by atoms with Gasteiger partial charge in [-0.05, 0) is 6.92 Å². The number of aryl methyl sites for hydroxylation is 1. The molecule has 2 rings (SSSR count). The molecule has 0 aliphatic heterocycles. The Bertz CT molecular complexity index is 569. The predicted molar refractivity (Wildman–Crippen MR) is 70.8 cm³/mol. The molecule has 100 valence electrons. The second kappa shape index (κ2) is 5.72. The van der Waals surface area contributed by atoms with E-state index in [1.807, 2.05) is 6.92 Å². The Hall–Kier alpha value is -2.06. The highest BCUT2D eigenvalue weighted by atomic mass is 32.1. The van der Waals surface area contributed by atoms with Crippen molar-refractivity contribution in [3.8, 4) is 0 Å². The molecule has 0 amide bonds. The highest BCUT2D eigenvalue weighted by Gasteiger charge is 2.17. The first-order valence-electron chi connectivity index (χ1n) is 5.51. The summed E-state index contributed by atoms with van der Waals surface area (Å²) in [6.45, 7) is 2.34. The molecule has 8 heteroatoms. The van der Waals surface area contributed by atoms with Crippen molar-refractivity contribution in [1.29, 1.82) is 0 Å². The quantitative estimate of drug-likeness (QED) is 0.746. The largest absolute Gasteiger partial charge is 0.480 e. The molecule has 0 saturated carbocycles. The maximum atomic E-state index is 10.7. The second-order valence-corrected chi connectivity index (χ2v) is 4.75. The standard InChI is InChI=1S/C11H13N5O2S/c1-6-2-14-7(3-13-6)4-15-11-16-8(5-19-11)9(12)10(17)18/h2-3,5,9H,4,12H2,1H3,(H,15,16)(H,17,18). The van der Waals surface area contributed by atoms with Crippen LogP contribution in [0.15, 0.2) is 17.8 Å². The van der Waals surface area contributed by atoms with Crippen LogP contribution in [0.5, 0.6) is 0 Å². The van der Waals surface area contributed by atoms with Crippen LogP contribution in [0.25, 0.3) is 0 Å². The van der Waals surface area contributed by atoms with E-state index in [1.54, 1.807) is 17.8 Å². The topological polar surface area (TPSA) is 114 Å². The zero-order chi connectivity index (χ0) is 13.8. The molecule has 0 aromatic carbocycles. The van der Waals surface area contributed by atoms with Gasteiger partial charge in [0.25, 0.3) is 0 Å². The molecule has 7 nitrogen and oxygen atoms in total. The fourth-order valence-corrected chi connectivity index (χ4v) is 2.06. The van der Waals surface area contributed by atoms with Crippen molar-refractivity contribution in [2.75, 3.05) is 5.32 Å². The molecule has 4 N–H and O–H groups in total. The fourth-order valence-electron chi connectivity index (χ4n) is 1.31. The van der Waals surface area contributed by atoms with Crippen LogP contribution >= 0.6 is 11.3 Å². The molecule has 0 bridgehead atoms. The van der Waals surface area contributed by atoms with Crippen molar-refractivity contribution in [3.63, 3.8) is 0 Å². The van der Waals surface area contributed by atoms with Crippen LogP contribution in [0, 0.1) is 6.92 Å².